The minimum absolute atomic E-state index is 0.0465. The number of amides is 2. The van der Waals surface area contributed by atoms with Crippen molar-refractivity contribution in [3.05, 3.63) is 82.1 Å². The standard InChI is InChI=1S/C25H22F2N2O4S/c1-15-4-7-17(8-5-15)29-23(31)11-9-18(24(29)21-3-2-12-34-21)25(32)33-14-22(30)28-16-6-10-19(26)20(27)13-16/h2-8,10,12-13,18,24H,9,11,14H2,1H3,(H,28,30)/t18-,24+/m0/s1. The number of benzene rings is 2. The number of thiophene rings is 1. The Morgan fingerprint density at radius 3 is 2.56 bits per heavy atom. The van der Waals surface area contributed by atoms with Crippen LogP contribution in [-0.4, -0.2) is 24.4 Å². The van der Waals surface area contributed by atoms with Gasteiger partial charge in [0.25, 0.3) is 5.91 Å². The van der Waals surface area contributed by atoms with Gasteiger partial charge in [-0.3, -0.25) is 14.4 Å². The van der Waals surface area contributed by atoms with Gasteiger partial charge in [-0.2, -0.15) is 0 Å². The largest absolute Gasteiger partial charge is 0.455 e. The van der Waals surface area contributed by atoms with Crippen molar-refractivity contribution in [2.24, 2.45) is 5.92 Å². The molecule has 4 rings (SSSR count). The molecule has 0 bridgehead atoms. The molecule has 0 saturated carbocycles. The smallest absolute Gasteiger partial charge is 0.311 e. The summed E-state index contributed by atoms with van der Waals surface area (Å²) in [5.74, 6) is -4.19. The van der Waals surface area contributed by atoms with Gasteiger partial charge < -0.3 is 15.0 Å². The second-order valence-corrected chi connectivity index (χ2v) is 8.97. The van der Waals surface area contributed by atoms with Crippen LogP contribution < -0.4 is 10.2 Å². The maximum atomic E-state index is 13.4. The van der Waals surface area contributed by atoms with E-state index in [1.807, 2.05) is 48.7 Å². The van der Waals surface area contributed by atoms with Crippen molar-refractivity contribution < 1.29 is 27.9 Å². The van der Waals surface area contributed by atoms with Crippen molar-refractivity contribution in [1.82, 2.24) is 0 Å². The molecule has 6 nitrogen and oxygen atoms in total. The molecule has 1 N–H and O–H groups in total. The lowest BCUT2D eigenvalue weighted by Crippen LogP contribution is -2.46. The van der Waals surface area contributed by atoms with Crippen molar-refractivity contribution in [1.29, 1.82) is 0 Å². The van der Waals surface area contributed by atoms with Crippen molar-refractivity contribution in [3.8, 4) is 0 Å². The van der Waals surface area contributed by atoms with Crippen LogP contribution in [0.2, 0.25) is 0 Å². The van der Waals surface area contributed by atoms with Gasteiger partial charge in [-0.1, -0.05) is 23.8 Å². The van der Waals surface area contributed by atoms with E-state index in [-0.39, 0.29) is 24.4 Å². The number of hydrogen-bond acceptors (Lipinski definition) is 5. The summed E-state index contributed by atoms with van der Waals surface area (Å²) in [6, 6.07) is 13.6. The number of nitrogens with one attached hydrogen (secondary N) is 1. The molecule has 34 heavy (non-hydrogen) atoms. The predicted molar refractivity (Wildman–Crippen MR) is 124 cm³/mol. The monoisotopic (exact) mass is 484 g/mol. The Bertz CT molecular complexity index is 1200. The van der Waals surface area contributed by atoms with Crippen LogP contribution in [0.5, 0.6) is 0 Å². The molecule has 2 heterocycles. The molecule has 2 aromatic carbocycles. The number of nitrogens with zero attached hydrogens (tertiary/aromatic N) is 1. The van der Waals surface area contributed by atoms with Crippen LogP contribution in [0, 0.1) is 24.5 Å². The lowest BCUT2D eigenvalue weighted by molar-refractivity contribution is -0.153. The highest BCUT2D eigenvalue weighted by Gasteiger charge is 2.43. The van der Waals surface area contributed by atoms with E-state index in [1.165, 1.54) is 17.4 Å². The van der Waals surface area contributed by atoms with Gasteiger partial charge in [0.05, 0.1) is 12.0 Å². The van der Waals surface area contributed by atoms with Crippen molar-refractivity contribution in [2.45, 2.75) is 25.8 Å². The summed E-state index contributed by atoms with van der Waals surface area (Å²) in [5, 5.41) is 4.24. The van der Waals surface area contributed by atoms with Crippen molar-refractivity contribution in [3.63, 3.8) is 0 Å². The van der Waals surface area contributed by atoms with Crippen molar-refractivity contribution in [2.75, 3.05) is 16.8 Å². The first-order valence-corrected chi connectivity index (χ1v) is 11.5. The number of aryl methyl sites for hydroxylation is 1. The Labute approximate surface area is 199 Å². The molecule has 3 aromatic rings. The zero-order valence-electron chi connectivity index (χ0n) is 18.3. The normalized spacial score (nSPS) is 18.0. The molecule has 0 unspecified atom stereocenters. The molecule has 9 heteroatoms. The number of piperidine rings is 1. The van der Waals surface area contributed by atoms with Crippen LogP contribution in [-0.2, 0) is 19.1 Å². The maximum absolute atomic E-state index is 13.4. The lowest BCUT2D eigenvalue weighted by atomic mass is 9.87. The third-order valence-corrected chi connectivity index (χ3v) is 6.54. The zero-order valence-corrected chi connectivity index (χ0v) is 19.1. The third kappa shape index (κ3) is 5.14. The van der Waals surface area contributed by atoms with Crippen LogP contribution in [0.25, 0.3) is 0 Å². The number of esters is 1. The van der Waals surface area contributed by atoms with Crippen LogP contribution in [0.3, 0.4) is 0 Å². The third-order valence-electron chi connectivity index (χ3n) is 5.60. The molecule has 176 valence electrons. The highest BCUT2D eigenvalue weighted by molar-refractivity contribution is 7.10. The van der Waals surface area contributed by atoms with Crippen LogP contribution in [0.1, 0.15) is 29.3 Å². The molecular formula is C25H22F2N2O4S. The quantitative estimate of drug-likeness (QED) is 0.500. The van der Waals surface area contributed by atoms with Crippen LogP contribution in [0.4, 0.5) is 20.2 Å². The van der Waals surface area contributed by atoms with Gasteiger partial charge >= 0.3 is 5.97 Å². The fraction of sp³-hybridized carbons (Fsp3) is 0.240. The summed E-state index contributed by atoms with van der Waals surface area (Å²) in [6.07, 6.45) is 0.448. The number of carbonyl (C=O) groups is 3. The number of ether oxygens (including phenoxy) is 1. The van der Waals surface area contributed by atoms with Gasteiger partial charge in [-0.25, -0.2) is 8.78 Å². The molecular weight excluding hydrogens is 462 g/mol. The SMILES string of the molecule is Cc1ccc(N2C(=O)CC[C@H](C(=O)OCC(=O)Nc3ccc(F)c(F)c3)[C@@H]2c2cccs2)cc1. The zero-order chi connectivity index (χ0) is 24.2. The number of hydrogen-bond donors (Lipinski definition) is 1. The fourth-order valence-corrected chi connectivity index (χ4v) is 4.83. The Balaban J connectivity index is 1.50. The Hall–Kier alpha value is -3.59. The van der Waals surface area contributed by atoms with E-state index in [2.05, 4.69) is 5.32 Å². The van der Waals surface area contributed by atoms with E-state index >= 15 is 0 Å². The van der Waals surface area contributed by atoms with Crippen molar-refractivity contribution >= 4 is 40.5 Å². The summed E-state index contributed by atoms with van der Waals surface area (Å²) < 4.78 is 31.7. The van der Waals surface area contributed by atoms with Gasteiger partial charge in [0.2, 0.25) is 5.91 Å². The highest BCUT2D eigenvalue weighted by Crippen LogP contribution is 2.42. The molecule has 0 aliphatic carbocycles. The molecule has 0 spiro atoms. The second kappa shape index (κ2) is 10.1. The first kappa shape index (κ1) is 23.6. The van der Waals surface area contributed by atoms with Gasteiger partial charge in [-0.15, -0.1) is 11.3 Å². The maximum Gasteiger partial charge on any atom is 0.311 e. The van der Waals surface area contributed by atoms with E-state index in [4.69, 9.17) is 4.74 Å². The van der Waals surface area contributed by atoms with E-state index in [0.717, 1.165) is 22.6 Å². The minimum Gasteiger partial charge on any atom is -0.455 e. The average Bonchev–Trinajstić information content (AvgIpc) is 3.35. The van der Waals surface area contributed by atoms with Crippen LogP contribution >= 0.6 is 11.3 Å². The Morgan fingerprint density at radius 2 is 1.88 bits per heavy atom. The summed E-state index contributed by atoms with van der Waals surface area (Å²) in [4.78, 5) is 40.7. The topological polar surface area (TPSA) is 75.7 Å². The summed E-state index contributed by atoms with van der Waals surface area (Å²) in [7, 11) is 0. The van der Waals surface area contributed by atoms with E-state index in [0.29, 0.717) is 5.69 Å². The Kier molecular flexibility index (Phi) is 7.02. The lowest BCUT2D eigenvalue weighted by Gasteiger charge is -2.39. The molecule has 1 aromatic heterocycles. The summed E-state index contributed by atoms with van der Waals surface area (Å²) in [6.45, 7) is 1.36. The number of halogens is 2. The molecule has 1 aliphatic heterocycles. The molecule has 1 fully saturated rings. The van der Waals surface area contributed by atoms with Gasteiger partial charge in [0.15, 0.2) is 18.2 Å². The number of carbonyl (C=O) groups excluding carboxylic acids is 3. The molecule has 1 saturated heterocycles. The predicted octanol–water partition coefficient (Wildman–Crippen LogP) is 5.00. The van der Waals surface area contributed by atoms with Gasteiger partial charge in [-0.05, 0) is 49.1 Å². The number of rotatable bonds is 6. The van der Waals surface area contributed by atoms with E-state index < -0.39 is 42.1 Å². The molecule has 2 atom stereocenters. The fourth-order valence-electron chi connectivity index (χ4n) is 3.95. The summed E-state index contributed by atoms with van der Waals surface area (Å²) >= 11 is 1.44. The average molecular weight is 485 g/mol. The highest BCUT2D eigenvalue weighted by atomic mass is 32.1. The minimum atomic E-state index is -1.10. The molecule has 1 aliphatic rings. The van der Waals surface area contributed by atoms with Crippen LogP contribution in [0.15, 0.2) is 60.0 Å². The van der Waals surface area contributed by atoms with Gasteiger partial charge in [0, 0.05) is 28.7 Å². The molecule has 0 radical (unpaired) electrons. The first-order valence-electron chi connectivity index (χ1n) is 10.7. The molecule has 2 amide bonds. The van der Waals surface area contributed by atoms with E-state index in [1.54, 1.807) is 4.90 Å². The first-order chi connectivity index (χ1) is 16.3. The second-order valence-electron chi connectivity index (χ2n) is 7.99. The summed E-state index contributed by atoms with van der Waals surface area (Å²) in [5.41, 5.74) is 1.77. The number of anilines is 2. The van der Waals surface area contributed by atoms with E-state index in [9.17, 15) is 23.2 Å². The van der Waals surface area contributed by atoms with Gasteiger partial charge in [0.1, 0.15) is 0 Å². The Morgan fingerprint density at radius 1 is 1.12 bits per heavy atom.